The Morgan fingerprint density at radius 3 is 2.12 bits per heavy atom. The molecule has 0 aliphatic carbocycles. The van der Waals surface area contributed by atoms with Gasteiger partial charge in [-0.15, -0.1) is 0 Å². The highest BCUT2D eigenvalue weighted by Gasteiger charge is 2.01. The summed E-state index contributed by atoms with van der Waals surface area (Å²) < 4.78 is 0. The van der Waals surface area contributed by atoms with Gasteiger partial charge in [0.2, 0.25) is 0 Å². The van der Waals surface area contributed by atoms with Crippen LogP contribution in [0.1, 0.15) is 18.6 Å². The first-order chi connectivity index (χ1) is 7.75. The van der Waals surface area contributed by atoms with E-state index in [2.05, 4.69) is 4.98 Å². The highest BCUT2D eigenvalue weighted by atomic mass is 32.2. The van der Waals surface area contributed by atoms with Crippen molar-refractivity contribution in [2.24, 2.45) is 0 Å². The van der Waals surface area contributed by atoms with E-state index in [9.17, 15) is 5.11 Å². The predicted molar refractivity (Wildman–Crippen MR) is 65.4 cm³/mol. The lowest BCUT2D eigenvalue weighted by Crippen LogP contribution is -1.89. The van der Waals surface area contributed by atoms with Gasteiger partial charge in [0, 0.05) is 22.2 Å². The van der Waals surface area contributed by atoms with Crippen molar-refractivity contribution in [3.63, 3.8) is 0 Å². The van der Waals surface area contributed by atoms with Gasteiger partial charge in [-0.3, -0.25) is 4.98 Å². The van der Waals surface area contributed by atoms with Crippen LogP contribution in [-0.4, -0.2) is 10.1 Å². The van der Waals surface area contributed by atoms with Crippen molar-refractivity contribution in [1.29, 1.82) is 0 Å². The summed E-state index contributed by atoms with van der Waals surface area (Å²) >= 11 is 1.69. The average Bonchev–Trinajstić information content (AvgIpc) is 2.31. The average molecular weight is 231 g/mol. The Kier molecular flexibility index (Phi) is 3.59. The first kappa shape index (κ1) is 11.2. The van der Waals surface area contributed by atoms with Gasteiger partial charge in [-0.05, 0) is 36.8 Å². The Hall–Kier alpha value is -1.32. The van der Waals surface area contributed by atoms with Crippen molar-refractivity contribution < 1.29 is 5.11 Å². The molecule has 2 nitrogen and oxygen atoms in total. The molecule has 1 aromatic carbocycles. The Labute approximate surface area is 99.4 Å². The van der Waals surface area contributed by atoms with Gasteiger partial charge in [0.1, 0.15) is 0 Å². The fourth-order valence-corrected chi connectivity index (χ4v) is 2.16. The fourth-order valence-electron chi connectivity index (χ4n) is 1.36. The van der Waals surface area contributed by atoms with Gasteiger partial charge < -0.3 is 5.11 Å². The Morgan fingerprint density at radius 2 is 1.56 bits per heavy atom. The van der Waals surface area contributed by atoms with Crippen LogP contribution in [0.3, 0.4) is 0 Å². The Morgan fingerprint density at radius 1 is 1.00 bits per heavy atom. The van der Waals surface area contributed by atoms with Crippen molar-refractivity contribution in [3.8, 4) is 0 Å². The molecule has 0 aliphatic rings. The normalized spacial score (nSPS) is 12.4. The van der Waals surface area contributed by atoms with Crippen LogP contribution in [0.4, 0.5) is 0 Å². The summed E-state index contributed by atoms with van der Waals surface area (Å²) in [4.78, 5) is 6.31. The highest BCUT2D eigenvalue weighted by molar-refractivity contribution is 7.99. The summed E-state index contributed by atoms with van der Waals surface area (Å²) in [6.45, 7) is 1.77. The molecule has 82 valence electrons. The molecule has 0 aliphatic heterocycles. The standard InChI is InChI=1S/C13H13NOS/c1-10(15)11-2-4-12(5-3-11)16-13-6-8-14-9-7-13/h2-10,15H,1H3. The zero-order chi connectivity index (χ0) is 11.4. The molecule has 0 bridgehead atoms. The van der Waals surface area contributed by atoms with Crippen molar-refractivity contribution >= 4 is 11.8 Å². The zero-order valence-corrected chi connectivity index (χ0v) is 9.82. The van der Waals surface area contributed by atoms with Gasteiger partial charge in [-0.1, -0.05) is 23.9 Å². The minimum atomic E-state index is -0.403. The summed E-state index contributed by atoms with van der Waals surface area (Å²) in [5.74, 6) is 0. The zero-order valence-electron chi connectivity index (χ0n) is 9.00. The summed E-state index contributed by atoms with van der Waals surface area (Å²) in [5, 5.41) is 9.39. The topological polar surface area (TPSA) is 33.1 Å². The minimum absolute atomic E-state index is 0.403. The van der Waals surface area contributed by atoms with Crippen molar-refractivity contribution in [2.75, 3.05) is 0 Å². The summed E-state index contributed by atoms with van der Waals surface area (Å²) in [6.07, 6.45) is 3.17. The van der Waals surface area contributed by atoms with Crippen molar-refractivity contribution in [3.05, 3.63) is 54.4 Å². The van der Waals surface area contributed by atoms with Gasteiger partial charge in [0.05, 0.1) is 6.10 Å². The SMILES string of the molecule is CC(O)c1ccc(Sc2ccncc2)cc1. The molecule has 1 atom stereocenters. The van der Waals surface area contributed by atoms with E-state index in [4.69, 9.17) is 0 Å². The lowest BCUT2D eigenvalue weighted by molar-refractivity contribution is 0.199. The second-order valence-corrected chi connectivity index (χ2v) is 4.68. The van der Waals surface area contributed by atoms with Gasteiger partial charge in [0.15, 0.2) is 0 Å². The number of nitrogens with zero attached hydrogens (tertiary/aromatic N) is 1. The molecule has 0 saturated heterocycles. The first-order valence-corrected chi connectivity index (χ1v) is 5.93. The van der Waals surface area contributed by atoms with Crippen LogP contribution < -0.4 is 0 Å². The lowest BCUT2D eigenvalue weighted by atomic mass is 10.1. The molecular weight excluding hydrogens is 218 g/mol. The number of hydrogen-bond donors (Lipinski definition) is 1. The molecule has 0 spiro atoms. The van der Waals surface area contributed by atoms with Crippen molar-refractivity contribution in [2.45, 2.75) is 22.8 Å². The van der Waals surface area contributed by atoms with Crippen LogP contribution in [0, 0.1) is 0 Å². The van der Waals surface area contributed by atoms with Crippen LogP contribution in [0.15, 0.2) is 58.6 Å². The van der Waals surface area contributed by atoms with Gasteiger partial charge in [-0.25, -0.2) is 0 Å². The summed E-state index contributed by atoms with van der Waals surface area (Å²) in [6, 6.07) is 11.9. The van der Waals surface area contributed by atoms with Crippen LogP contribution in [0.2, 0.25) is 0 Å². The number of aliphatic hydroxyl groups excluding tert-OH is 1. The summed E-state index contributed by atoms with van der Waals surface area (Å²) in [7, 11) is 0. The van der Waals surface area contributed by atoms with E-state index >= 15 is 0 Å². The van der Waals surface area contributed by atoms with Gasteiger partial charge >= 0.3 is 0 Å². The third-order valence-electron chi connectivity index (χ3n) is 2.25. The quantitative estimate of drug-likeness (QED) is 0.880. The van der Waals surface area contributed by atoms with Gasteiger partial charge in [0.25, 0.3) is 0 Å². The number of hydrogen-bond acceptors (Lipinski definition) is 3. The van der Waals surface area contributed by atoms with Crippen LogP contribution in [0.5, 0.6) is 0 Å². The molecule has 16 heavy (non-hydrogen) atoms. The lowest BCUT2D eigenvalue weighted by Gasteiger charge is -2.05. The molecule has 2 aromatic rings. The third-order valence-corrected chi connectivity index (χ3v) is 3.26. The fraction of sp³-hybridized carbons (Fsp3) is 0.154. The molecule has 0 amide bonds. The van der Waals surface area contributed by atoms with E-state index in [1.54, 1.807) is 31.1 Å². The molecule has 0 saturated carbocycles. The molecular formula is C13H13NOS. The monoisotopic (exact) mass is 231 g/mol. The molecule has 1 N–H and O–H groups in total. The molecule has 0 radical (unpaired) electrons. The van der Waals surface area contributed by atoms with E-state index in [1.165, 1.54) is 4.90 Å². The van der Waals surface area contributed by atoms with E-state index in [0.717, 1.165) is 10.5 Å². The smallest absolute Gasteiger partial charge is 0.0761 e. The second kappa shape index (κ2) is 5.14. The van der Waals surface area contributed by atoms with E-state index < -0.39 is 6.10 Å². The molecule has 2 rings (SSSR count). The Bertz CT molecular complexity index is 439. The number of benzene rings is 1. The number of pyridine rings is 1. The molecule has 0 fully saturated rings. The highest BCUT2D eigenvalue weighted by Crippen LogP contribution is 2.27. The molecule has 1 aromatic heterocycles. The van der Waals surface area contributed by atoms with Crippen LogP contribution >= 0.6 is 11.8 Å². The molecule has 1 heterocycles. The molecule has 1 unspecified atom stereocenters. The maximum absolute atomic E-state index is 9.39. The van der Waals surface area contributed by atoms with Gasteiger partial charge in [-0.2, -0.15) is 0 Å². The van der Waals surface area contributed by atoms with Crippen molar-refractivity contribution in [1.82, 2.24) is 4.98 Å². The maximum Gasteiger partial charge on any atom is 0.0761 e. The third kappa shape index (κ3) is 2.84. The number of aromatic nitrogens is 1. The van der Waals surface area contributed by atoms with Crippen LogP contribution in [-0.2, 0) is 0 Å². The largest absolute Gasteiger partial charge is 0.389 e. The number of rotatable bonds is 3. The Balaban J connectivity index is 2.11. The van der Waals surface area contributed by atoms with Crippen LogP contribution in [0.25, 0.3) is 0 Å². The van der Waals surface area contributed by atoms with E-state index in [-0.39, 0.29) is 0 Å². The number of aliphatic hydroxyl groups is 1. The predicted octanol–water partition coefficient (Wildman–Crippen LogP) is 3.29. The van der Waals surface area contributed by atoms with E-state index in [0.29, 0.717) is 0 Å². The second-order valence-electron chi connectivity index (χ2n) is 3.53. The molecule has 3 heteroatoms. The summed E-state index contributed by atoms with van der Waals surface area (Å²) in [5.41, 5.74) is 0.944. The van der Waals surface area contributed by atoms with E-state index in [1.807, 2.05) is 36.4 Å². The first-order valence-electron chi connectivity index (χ1n) is 5.11. The maximum atomic E-state index is 9.39. The minimum Gasteiger partial charge on any atom is -0.389 e.